The monoisotopic (exact) mass is 439 g/mol. The molecule has 31 heavy (non-hydrogen) atoms. The standard InChI is InChI=1S/C21H17N3O6S/c1-12-16(21(27)30-2)20(23-18(25)13-7-4-3-5-8-13)31-17(12)19(26)22-14-9-6-10-15(11-14)24(28)29/h3-11H,1-2H3,(H,22,26)(H,23,25). The second kappa shape index (κ2) is 9.18. The van der Waals surface area contributed by atoms with E-state index in [0.29, 0.717) is 11.1 Å². The zero-order chi connectivity index (χ0) is 22.5. The van der Waals surface area contributed by atoms with Crippen LogP contribution in [0.25, 0.3) is 0 Å². The first-order valence-corrected chi connectivity index (χ1v) is 9.77. The van der Waals surface area contributed by atoms with Gasteiger partial charge in [-0.25, -0.2) is 4.79 Å². The van der Waals surface area contributed by atoms with E-state index >= 15 is 0 Å². The molecule has 0 saturated carbocycles. The van der Waals surface area contributed by atoms with E-state index in [9.17, 15) is 24.5 Å². The summed E-state index contributed by atoms with van der Waals surface area (Å²) in [7, 11) is 1.20. The number of carbonyl (C=O) groups excluding carboxylic acids is 3. The number of rotatable bonds is 6. The first-order chi connectivity index (χ1) is 14.8. The molecule has 2 N–H and O–H groups in total. The Morgan fingerprint density at radius 1 is 1.00 bits per heavy atom. The van der Waals surface area contributed by atoms with Gasteiger partial charge in [0.1, 0.15) is 5.00 Å². The Hall–Kier alpha value is -4.05. The number of anilines is 2. The summed E-state index contributed by atoms with van der Waals surface area (Å²) >= 11 is 0.912. The van der Waals surface area contributed by atoms with Crippen molar-refractivity contribution in [2.75, 3.05) is 17.7 Å². The topological polar surface area (TPSA) is 128 Å². The molecular weight excluding hydrogens is 422 g/mol. The second-order valence-corrected chi connectivity index (χ2v) is 7.35. The van der Waals surface area contributed by atoms with Crippen LogP contribution in [0.1, 0.15) is 36.0 Å². The van der Waals surface area contributed by atoms with Crippen LogP contribution in [-0.2, 0) is 4.74 Å². The third kappa shape index (κ3) is 4.75. The predicted molar refractivity (Wildman–Crippen MR) is 116 cm³/mol. The molecule has 2 aromatic carbocycles. The third-order valence-electron chi connectivity index (χ3n) is 4.32. The van der Waals surface area contributed by atoms with E-state index in [0.717, 1.165) is 11.3 Å². The molecule has 1 heterocycles. The molecule has 0 saturated heterocycles. The second-order valence-electron chi connectivity index (χ2n) is 6.33. The summed E-state index contributed by atoms with van der Waals surface area (Å²) in [6.45, 7) is 1.56. The minimum absolute atomic E-state index is 0.0703. The van der Waals surface area contributed by atoms with Crippen LogP contribution in [-0.4, -0.2) is 29.8 Å². The molecule has 0 unspecified atom stereocenters. The van der Waals surface area contributed by atoms with Gasteiger partial charge in [0.15, 0.2) is 0 Å². The normalized spacial score (nSPS) is 10.3. The van der Waals surface area contributed by atoms with E-state index in [1.54, 1.807) is 37.3 Å². The van der Waals surface area contributed by atoms with Gasteiger partial charge in [0, 0.05) is 23.4 Å². The smallest absolute Gasteiger partial charge is 0.341 e. The van der Waals surface area contributed by atoms with Crippen molar-refractivity contribution in [3.63, 3.8) is 0 Å². The van der Waals surface area contributed by atoms with Crippen LogP contribution >= 0.6 is 11.3 Å². The number of amides is 2. The summed E-state index contributed by atoms with van der Waals surface area (Å²) in [5, 5.41) is 16.3. The van der Waals surface area contributed by atoms with Gasteiger partial charge in [-0.1, -0.05) is 24.3 Å². The van der Waals surface area contributed by atoms with E-state index < -0.39 is 22.7 Å². The Bertz CT molecular complexity index is 1170. The van der Waals surface area contributed by atoms with E-state index in [1.807, 2.05) is 0 Å². The zero-order valence-corrected chi connectivity index (χ0v) is 17.3. The first-order valence-electron chi connectivity index (χ1n) is 8.95. The first kappa shape index (κ1) is 21.7. The van der Waals surface area contributed by atoms with Crippen molar-refractivity contribution in [2.45, 2.75) is 6.92 Å². The Morgan fingerprint density at radius 3 is 2.35 bits per heavy atom. The summed E-state index contributed by atoms with van der Waals surface area (Å²) < 4.78 is 4.81. The van der Waals surface area contributed by atoms with Gasteiger partial charge in [-0.3, -0.25) is 19.7 Å². The Balaban J connectivity index is 1.93. The maximum atomic E-state index is 12.8. The van der Waals surface area contributed by atoms with Crippen molar-refractivity contribution in [1.82, 2.24) is 0 Å². The van der Waals surface area contributed by atoms with E-state index in [-0.39, 0.29) is 26.8 Å². The van der Waals surface area contributed by atoms with Crippen molar-refractivity contribution in [3.8, 4) is 0 Å². The fourth-order valence-corrected chi connectivity index (χ4v) is 3.90. The van der Waals surface area contributed by atoms with Gasteiger partial charge in [-0.05, 0) is 30.7 Å². The highest BCUT2D eigenvalue weighted by Gasteiger charge is 2.26. The number of nitro groups is 1. The van der Waals surface area contributed by atoms with E-state index in [1.165, 1.54) is 31.4 Å². The number of non-ortho nitro benzene ring substituents is 1. The molecule has 3 aromatic rings. The number of nitro benzene ring substituents is 1. The number of benzene rings is 2. The highest BCUT2D eigenvalue weighted by molar-refractivity contribution is 7.19. The van der Waals surface area contributed by atoms with Gasteiger partial charge >= 0.3 is 5.97 Å². The highest BCUT2D eigenvalue weighted by Crippen LogP contribution is 2.34. The largest absolute Gasteiger partial charge is 0.465 e. The maximum Gasteiger partial charge on any atom is 0.341 e. The average molecular weight is 439 g/mol. The number of esters is 1. The van der Waals surface area contributed by atoms with Gasteiger partial charge < -0.3 is 15.4 Å². The van der Waals surface area contributed by atoms with E-state index in [4.69, 9.17) is 4.74 Å². The Kier molecular flexibility index (Phi) is 6.41. The molecule has 0 bridgehead atoms. The lowest BCUT2D eigenvalue weighted by Gasteiger charge is -2.06. The van der Waals surface area contributed by atoms with Crippen LogP contribution in [0.3, 0.4) is 0 Å². The van der Waals surface area contributed by atoms with Gasteiger partial charge in [-0.15, -0.1) is 11.3 Å². The SMILES string of the molecule is COC(=O)c1c(NC(=O)c2ccccc2)sc(C(=O)Nc2cccc([N+](=O)[O-])c2)c1C. The molecule has 3 rings (SSSR count). The van der Waals surface area contributed by atoms with Crippen molar-refractivity contribution in [1.29, 1.82) is 0 Å². The predicted octanol–water partition coefficient (Wildman–Crippen LogP) is 4.26. The number of methoxy groups -OCH3 is 1. The van der Waals surface area contributed by atoms with Crippen LogP contribution < -0.4 is 10.6 Å². The summed E-state index contributed by atoms with van der Waals surface area (Å²) in [5.41, 5.74) is 0.823. The van der Waals surface area contributed by atoms with Crippen LogP contribution in [0.15, 0.2) is 54.6 Å². The van der Waals surface area contributed by atoms with Crippen LogP contribution in [0, 0.1) is 17.0 Å². The molecule has 0 fully saturated rings. The molecule has 0 aliphatic heterocycles. The lowest BCUT2D eigenvalue weighted by Crippen LogP contribution is -2.14. The molecule has 0 radical (unpaired) electrons. The molecule has 0 aliphatic rings. The molecule has 0 spiro atoms. The Morgan fingerprint density at radius 2 is 1.71 bits per heavy atom. The van der Waals surface area contributed by atoms with Gasteiger partial charge in [0.05, 0.1) is 22.5 Å². The number of thiophene rings is 1. The van der Waals surface area contributed by atoms with Crippen LogP contribution in [0.4, 0.5) is 16.4 Å². The number of nitrogens with zero attached hydrogens (tertiary/aromatic N) is 1. The molecule has 9 nitrogen and oxygen atoms in total. The number of hydrogen-bond acceptors (Lipinski definition) is 7. The number of ether oxygens (including phenoxy) is 1. The van der Waals surface area contributed by atoms with Gasteiger partial charge in [-0.2, -0.15) is 0 Å². The van der Waals surface area contributed by atoms with Crippen molar-refractivity contribution >= 4 is 45.5 Å². The molecule has 1 aromatic heterocycles. The fourth-order valence-electron chi connectivity index (χ4n) is 2.82. The summed E-state index contributed by atoms with van der Waals surface area (Å²) in [6.07, 6.45) is 0. The highest BCUT2D eigenvalue weighted by atomic mass is 32.1. The minimum atomic E-state index is -0.702. The molecule has 0 aliphatic carbocycles. The lowest BCUT2D eigenvalue weighted by atomic mass is 10.1. The number of carbonyl (C=O) groups is 3. The summed E-state index contributed by atoms with van der Waals surface area (Å²) in [6, 6.07) is 13.9. The lowest BCUT2D eigenvalue weighted by molar-refractivity contribution is -0.384. The fraction of sp³-hybridized carbons (Fsp3) is 0.0952. The minimum Gasteiger partial charge on any atom is -0.465 e. The summed E-state index contributed by atoms with van der Waals surface area (Å²) in [5.74, 6) is -1.72. The van der Waals surface area contributed by atoms with Crippen molar-refractivity contribution in [2.24, 2.45) is 0 Å². The van der Waals surface area contributed by atoms with Gasteiger partial charge in [0.25, 0.3) is 17.5 Å². The van der Waals surface area contributed by atoms with Crippen molar-refractivity contribution < 1.29 is 24.0 Å². The number of hydrogen-bond donors (Lipinski definition) is 2. The van der Waals surface area contributed by atoms with Crippen LogP contribution in [0.5, 0.6) is 0 Å². The van der Waals surface area contributed by atoms with Crippen LogP contribution in [0.2, 0.25) is 0 Å². The Labute approximate surface area is 180 Å². The maximum absolute atomic E-state index is 12.8. The molecule has 10 heteroatoms. The molecular formula is C21H17N3O6S. The van der Waals surface area contributed by atoms with Gasteiger partial charge in [0.2, 0.25) is 0 Å². The quantitative estimate of drug-likeness (QED) is 0.336. The molecule has 2 amide bonds. The third-order valence-corrected chi connectivity index (χ3v) is 5.53. The average Bonchev–Trinajstić information content (AvgIpc) is 3.09. The molecule has 158 valence electrons. The summed E-state index contributed by atoms with van der Waals surface area (Å²) in [4.78, 5) is 48.2. The van der Waals surface area contributed by atoms with Crippen molar-refractivity contribution in [3.05, 3.63) is 86.3 Å². The zero-order valence-electron chi connectivity index (χ0n) is 16.5. The van der Waals surface area contributed by atoms with E-state index in [2.05, 4.69) is 10.6 Å². The molecule has 0 atom stereocenters. The number of nitrogens with one attached hydrogen (secondary N) is 2.